The highest BCUT2D eigenvalue weighted by Crippen LogP contribution is 2.40. The molecular formula is C12H19NO3. The number of benzene rings is 1. The van der Waals surface area contributed by atoms with Crippen LogP contribution in [0.15, 0.2) is 18.2 Å². The zero-order valence-electron chi connectivity index (χ0n) is 9.90. The predicted molar refractivity (Wildman–Crippen MR) is 62.5 cm³/mol. The summed E-state index contributed by atoms with van der Waals surface area (Å²) in [5.74, 6) is 0.627. The zero-order valence-corrected chi connectivity index (χ0v) is 9.90. The van der Waals surface area contributed by atoms with Gasteiger partial charge in [0.15, 0.2) is 0 Å². The van der Waals surface area contributed by atoms with Crippen LogP contribution in [0.2, 0.25) is 0 Å². The Morgan fingerprint density at radius 2 is 2.06 bits per heavy atom. The van der Waals surface area contributed by atoms with Crippen molar-refractivity contribution in [2.75, 3.05) is 13.7 Å². The van der Waals surface area contributed by atoms with Gasteiger partial charge in [0.25, 0.3) is 0 Å². The summed E-state index contributed by atoms with van der Waals surface area (Å²) >= 11 is 0. The average molecular weight is 225 g/mol. The third-order valence-electron chi connectivity index (χ3n) is 2.82. The number of aromatic hydroxyl groups is 1. The van der Waals surface area contributed by atoms with Crippen molar-refractivity contribution < 1.29 is 14.9 Å². The highest BCUT2D eigenvalue weighted by molar-refractivity contribution is 5.46. The van der Waals surface area contributed by atoms with E-state index in [1.54, 1.807) is 18.2 Å². The highest BCUT2D eigenvalue weighted by atomic mass is 16.5. The third-order valence-corrected chi connectivity index (χ3v) is 2.82. The number of rotatable bonds is 4. The monoisotopic (exact) mass is 225 g/mol. The van der Waals surface area contributed by atoms with E-state index in [-0.39, 0.29) is 12.4 Å². The maximum atomic E-state index is 9.81. The molecule has 0 aromatic heterocycles. The summed E-state index contributed by atoms with van der Waals surface area (Å²) in [6.45, 7) is 3.61. The van der Waals surface area contributed by atoms with Gasteiger partial charge < -0.3 is 20.7 Å². The maximum Gasteiger partial charge on any atom is 0.127 e. The molecule has 1 atom stereocenters. The van der Waals surface area contributed by atoms with Crippen LogP contribution in [-0.2, 0) is 0 Å². The number of phenolic OH excluding ortho intramolecular Hbond substituents is 1. The molecule has 0 heterocycles. The van der Waals surface area contributed by atoms with Gasteiger partial charge in [-0.15, -0.1) is 0 Å². The Balaban J connectivity index is 3.21. The number of nitrogens with two attached hydrogens (primary N) is 1. The SMILES string of the molecule is COc1cccc(O)c1[C@@H](N)C(C)(C)CO. The van der Waals surface area contributed by atoms with Gasteiger partial charge in [-0.25, -0.2) is 0 Å². The first-order valence-corrected chi connectivity index (χ1v) is 5.16. The fourth-order valence-electron chi connectivity index (χ4n) is 1.51. The molecule has 4 heteroatoms. The molecule has 0 saturated heterocycles. The van der Waals surface area contributed by atoms with Crippen LogP contribution < -0.4 is 10.5 Å². The van der Waals surface area contributed by atoms with Crippen molar-refractivity contribution in [3.05, 3.63) is 23.8 Å². The van der Waals surface area contributed by atoms with Crippen LogP contribution in [-0.4, -0.2) is 23.9 Å². The Hall–Kier alpha value is -1.26. The van der Waals surface area contributed by atoms with Crippen LogP contribution in [0.4, 0.5) is 0 Å². The summed E-state index contributed by atoms with van der Waals surface area (Å²) in [4.78, 5) is 0. The molecule has 0 bridgehead atoms. The van der Waals surface area contributed by atoms with Gasteiger partial charge in [0.2, 0.25) is 0 Å². The van der Waals surface area contributed by atoms with Gasteiger partial charge in [-0.2, -0.15) is 0 Å². The first-order chi connectivity index (χ1) is 7.44. The van der Waals surface area contributed by atoms with Gasteiger partial charge in [-0.05, 0) is 12.1 Å². The van der Waals surface area contributed by atoms with Crippen molar-refractivity contribution in [3.63, 3.8) is 0 Å². The second-order valence-corrected chi connectivity index (χ2v) is 4.52. The first kappa shape index (κ1) is 12.8. The average Bonchev–Trinajstić information content (AvgIpc) is 2.27. The maximum absolute atomic E-state index is 9.81. The minimum absolute atomic E-state index is 0.0638. The molecule has 90 valence electrons. The van der Waals surface area contributed by atoms with E-state index in [1.807, 2.05) is 13.8 Å². The topological polar surface area (TPSA) is 75.7 Å². The van der Waals surface area contributed by atoms with Crippen molar-refractivity contribution in [1.82, 2.24) is 0 Å². The Bertz CT molecular complexity index is 363. The summed E-state index contributed by atoms with van der Waals surface area (Å²) in [5, 5.41) is 19.1. The fraction of sp³-hybridized carbons (Fsp3) is 0.500. The molecule has 1 rings (SSSR count). The lowest BCUT2D eigenvalue weighted by Crippen LogP contribution is -2.32. The van der Waals surface area contributed by atoms with Crippen LogP contribution in [0.3, 0.4) is 0 Å². The van der Waals surface area contributed by atoms with Gasteiger partial charge in [0.1, 0.15) is 11.5 Å². The molecule has 0 fully saturated rings. The summed E-state index contributed by atoms with van der Waals surface area (Å²) in [5.41, 5.74) is 6.07. The number of ether oxygens (including phenoxy) is 1. The van der Waals surface area contributed by atoms with E-state index in [1.165, 1.54) is 7.11 Å². The van der Waals surface area contributed by atoms with E-state index >= 15 is 0 Å². The van der Waals surface area contributed by atoms with Gasteiger partial charge >= 0.3 is 0 Å². The summed E-state index contributed by atoms with van der Waals surface area (Å²) in [7, 11) is 1.52. The molecular weight excluding hydrogens is 206 g/mol. The van der Waals surface area contributed by atoms with Crippen molar-refractivity contribution in [1.29, 1.82) is 0 Å². The molecule has 0 aliphatic carbocycles. The van der Waals surface area contributed by atoms with Crippen LogP contribution >= 0.6 is 0 Å². The van der Waals surface area contributed by atoms with E-state index < -0.39 is 11.5 Å². The van der Waals surface area contributed by atoms with Crippen molar-refractivity contribution >= 4 is 0 Å². The van der Waals surface area contributed by atoms with Crippen molar-refractivity contribution in [2.24, 2.45) is 11.1 Å². The Labute approximate surface area is 95.7 Å². The quantitative estimate of drug-likeness (QED) is 0.724. The molecule has 0 radical (unpaired) electrons. The standard InChI is InChI=1S/C12H19NO3/c1-12(2,7-14)11(13)10-8(15)5-4-6-9(10)16-3/h4-6,11,14-15H,7,13H2,1-3H3/t11-/m1/s1. The van der Waals surface area contributed by atoms with E-state index in [2.05, 4.69) is 0 Å². The minimum atomic E-state index is -0.522. The third kappa shape index (κ3) is 2.28. The second kappa shape index (κ2) is 4.72. The number of methoxy groups -OCH3 is 1. The number of phenols is 1. The van der Waals surface area contributed by atoms with Crippen LogP contribution in [0.5, 0.6) is 11.5 Å². The van der Waals surface area contributed by atoms with E-state index in [0.717, 1.165) is 0 Å². The van der Waals surface area contributed by atoms with E-state index in [0.29, 0.717) is 11.3 Å². The molecule has 4 nitrogen and oxygen atoms in total. The minimum Gasteiger partial charge on any atom is -0.507 e. The first-order valence-electron chi connectivity index (χ1n) is 5.16. The molecule has 1 aromatic carbocycles. The zero-order chi connectivity index (χ0) is 12.3. The number of aliphatic hydroxyl groups excluding tert-OH is 1. The summed E-state index contributed by atoms with van der Waals surface area (Å²) < 4.78 is 5.17. The van der Waals surface area contributed by atoms with Gasteiger partial charge in [0, 0.05) is 18.1 Å². The fourth-order valence-corrected chi connectivity index (χ4v) is 1.51. The lowest BCUT2D eigenvalue weighted by Gasteiger charge is -2.31. The highest BCUT2D eigenvalue weighted by Gasteiger charge is 2.31. The molecule has 0 unspecified atom stereocenters. The lowest BCUT2D eigenvalue weighted by atomic mass is 9.81. The predicted octanol–water partition coefficient (Wildman–Crippen LogP) is 1.42. The number of aliphatic hydroxyl groups is 1. The largest absolute Gasteiger partial charge is 0.507 e. The van der Waals surface area contributed by atoms with Crippen molar-refractivity contribution in [3.8, 4) is 11.5 Å². The molecule has 0 amide bonds. The smallest absolute Gasteiger partial charge is 0.127 e. The summed E-state index contributed by atoms with van der Waals surface area (Å²) in [6.07, 6.45) is 0. The van der Waals surface area contributed by atoms with Gasteiger partial charge in [-0.3, -0.25) is 0 Å². The van der Waals surface area contributed by atoms with Crippen LogP contribution in [0.25, 0.3) is 0 Å². The molecule has 0 spiro atoms. The second-order valence-electron chi connectivity index (χ2n) is 4.52. The van der Waals surface area contributed by atoms with Crippen molar-refractivity contribution in [2.45, 2.75) is 19.9 Å². The summed E-state index contributed by atoms with van der Waals surface area (Å²) in [6, 6.07) is 4.50. The van der Waals surface area contributed by atoms with Crippen LogP contribution in [0.1, 0.15) is 25.5 Å². The number of hydrogen-bond donors (Lipinski definition) is 3. The lowest BCUT2D eigenvalue weighted by molar-refractivity contribution is 0.130. The molecule has 0 aliphatic heterocycles. The Kier molecular flexibility index (Phi) is 3.78. The normalized spacial score (nSPS) is 13.6. The molecule has 0 saturated carbocycles. The Morgan fingerprint density at radius 1 is 1.44 bits per heavy atom. The van der Waals surface area contributed by atoms with Gasteiger partial charge in [-0.1, -0.05) is 19.9 Å². The van der Waals surface area contributed by atoms with E-state index in [9.17, 15) is 10.2 Å². The molecule has 0 aliphatic rings. The Morgan fingerprint density at radius 3 is 2.56 bits per heavy atom. The van der Waals surface area contributed by atoms with Crippen LogP contribution in [0, 0.1) is 5.41 Å². The molecule has 1 aromatic rings. The molecule has 16 heavy (non-hydrogen) atoms. The van der Waals surface area contributed by atoms with Gasteiger partial charge in [0.05, 0.1) is 12.7 Å². The number of hydrogen-bond acceptors (Lipinski definition) is 4. The van der Waals surface area contributed by atoms with E-state index in [4.69, 9.17) is 10.5 Å². The molecule has 4 N–H and O–H groups in total.